The number of hydrogen-bond acceptors (Lipinski definition) is 4. The smallest absolute Gasteiger partial charge is 0.197 e. The predicted molar refractivity (Wildman–Crippen MR) is 72.7 cm³/mol. The van der Waals surface area contributed by atoms with Crippen LogP contribution in [0.5, 0.6) is 0 Å². The van der Waals surface area contributed by atoms with Crippen molar-refractivity contribution in [3.05, 3.63) is 26.8 Å². The lowest BCUT2D eigenvalue weighted by atomic mass is 10.4. The van der Waals surface area contributed by atoms with Gasteiger partial charge in [-0.25, -0.2) is 15.0 Å². The molecule has 0 saturated carbocycles. The summed E-state index contributed by atoms with van der Waals surface area (Å²) < 4.78 is 7.74. The second-order valence-electron chi connectivity index (χ2n) is 3.39. The van der Waals surface area contributed by atoms with Crippen molar-refractivity contribution in [1.29, 1.82) is 0 Å². The zero-order valence-corrected chi connectivity index (χ0v) is 12.2. The molecule has 0 N–H and O–H groups in total. The van der Waals surface area contributed by atoms with Crippen LogP contribution in [-0.4, -0.2) is 26.6 Å². The van der Waals surface area contributed by atoms with Crippen molar-refractivity contribution in [1.82, 2.24) is 19.5 Å². The number of ether oxygens (including phenoxy) is 1. The maximum absolute atomic E-state index is 6.07. The van der Waals surface area contributed by atoms with E-state index in [9.17, 15) is 0 Å². The molecular weight excluding hydrogens is 354 g/mol. The molecule has 0 aliphatic carbocycles. The SMILES string of the molecule is COCc1nc(-c2nccn2C)nc(Cl)c1I. The molecule has 0 fully saturated rings. The Balaban J connectivity index is 2.53. The number of hydrogen-bond donors (Lipinski definition) is 0. The Morgan fingerprint density at radius 1 is 1.47 bits per heavy atom. The van der Waals surface area contributed by atoms with Gasteiger partial charge in [0.15, 0.2) is 11.6 Å². The van der Waals surface area contributed by atoms with E-state index in [1.807, 2.05) is 17.8 Å². The Kier molecular flexibility index (Phi) is 3.95. The quantitative estimate of drug-likeness (QED) is 0.619. The summed E-state index contributed by atoms with van der Waals surface area (Å²) in [4.78, 5) is 12.8. The minimum absolute atomic E-state index is 0.401. The van der Waals surface area contributed by atoms with E-state index in [0.29, 0.717) is 23.4 Å². The number of nitrogens with zero attached hydrogens (tertiary/aromatic N) is 4. The van der Waals surface area contributed by atoms with E-state index in [2.05, 4.69) is 37.5 Å². The summed E-state index contributed by atoms with van der Waals surface area (Å²) in [5.74, 6) is 1.19. The molecule has 90 valence electrons. The number of aryl methyl sites for hydroxylation is 1. The van der Waals surface area contributed by atoms with Gasteiger partial charge in [-0.05, 0) is 22.6 Å². The van der Waals surface area contributed by atoms with Gasteiger partial charge in [0.2, 0.25) is 0 Å². The first-order valence-corrected chi connectivity index (χ1v) is 6.27. The summed E-state index contributed by atoms with van der Waals surface area (Å²) in [6.07, 6.45) is 3.53. The van der Waals surface area contributed by atoms with Gasteiger partial charge in [-0.3, -0.25) is 0 Å². The van der Waals surface area contributed by atoms with E-state index in [4.69, 9.17) is 16.3 Å². The number of imidazole rings is 1. The first-order chi connectivity index (χ1) is 8.13. The molecule has 2 rings (SSSR count). The van der Waals surface area contributed by atoms with Crippen LogP contribution in [-0.2, 0) is 18.4 Å². The molecule has 7 heteroatoms. The Morgan fingerprint density at radius 3 is 2.82 bits per heavy atom. The predicted octanol–water partition coefficient (Wildman–Crippen LogP) is 2.28. The Bertz CT molecular complexity index is 543. The third kappa shape index (κ3) is 2.58. The van der Waals surface area contributed by atoms with Crippen LogP contribution in [0.25, 0.3) is 11.6 Å². The maximum Gasteiger partial charge on any atom is 0.197 e. The Morgan fingerprint density at radius 2 is 2.24 bits per heavy atom. The average molecular weight is 365 g/mol. The van der Waals surface area contributed by atoms with Gasteiger partial charge in [-0.2, -0.15) is 0 Å². The topological polar surface area (TPSA) is 52.8 Å². The molecule has 0 amide bonds. The van der Waals surface area contributed by atoms with Crippen molar-refractivity contribution in [2.24, 2.45) is 7.05 Å². The van der Waals surface area contributed by atoms with Gasteiger partial charge in [0.25, 0.3) is 0 Å². The normalized spacial score (nSPS) is 10.8. The standard InChI is InChI=1S/C10H10ClIN4O/c1-16-4-3-13-10(16)9-14-6(5-17-2)7(12)8(11)15-9/h3-4H,5H2,1-2H3. The average Bonchev–Trinajstić information content (AvgIpc) is 2.71. The molecule has 2 aromatic rings. The molecule has 0 aromatic carbocycles. The van der Waals surface area contributed by atoms with Crippen molar-refractivity contribution < 1.29 is 4.74 Å². The lowest BCUT2D eigenvalue weighted by Gasteiger charge is -2.07. The molecule has 0 unspecified atom stereocenters. The van der Waals surface area contributed by atoms with Crippen LogP contribution in [0.15, 0.2) is 12.4 Å². The monoisotopic (exact) mass is 364 g/mol. The number of rotatable bonds is 3. The van der Waals surface area contributed by atoms with Gasteiger partial charge in [-0.1, -0.05) is 11.6 Å². The van der Waals surface area contributed by atoms with Crippen LogP contribution in [0.2, 0.25) is 5.15 Å². The van der Waals surface area contributed by atoms with Gasteiger partial charge in [0.1, 0.15) is 5.15 Å². The number of halogens is 2. The molecule has 0 spiro atoms. The molecule has 17 heavy (non-hydrogen) atoms. The summed E-state index contributed by atoms with van der Waals surface area (Å²) in [6.45, 7) is 0.401. The highest BCUT2D eigenvalue weighted by molar-refractivity contribution is 14.1. The summed E-state index contributed by atoms with van der Waals surface area (Å²) in [6, 6.07) is 0. The highest BCUT2D eigenvalue weighted by atomic mass is 127. The summed E-state index contributed by atoms with van der Waals surface area (Å²) in [5.41, 5.74) is 0.770. The lowest BCUT2D eigenvalue weighted by molar-refractivity contribution is 0.181. The van der Waals surface area contributed by atoms with Crippen molar-refractivity contribution in [3.8, 4) is 11.6 Å². The summed E-state index contributed by atoms with van der Waals surface area (Å²) in [7, 11) is 3.50. The van der Waals surface area contributed by atoms with Crippen LogP contribution in [0.1, 0.15) is 5.69 Å². The molecule has 2 aromatic heterocycles. The van der Waals surface area contributed by atoms with E-state index >= 15 is 0 Å². The molecule has 0 saturated heterocycles. The van der Waals surface area contributed by atoms with Gasteiger partial charge in [-0.15, -0.1) is 0 Å². The van der Waals surface area contributed by atoms with Crippen LogP contribution in [0.3, 0.4) is 0 Å². The minimum Gasteiger partial charge on any atom is -0.378 e. The fraction of sp³-hybridized carbons (Fsp3) is 0.300. The van der Waals surface area contributed by atoms with Crippen LogP contribution >= 0.6 is 34.2 Å². The van der Waals surface area contributed by atoms with Crippen molar-refractivity contribution in [3.63, 3.8) is 0 Å². The highest BCUT2D eigenvalue weighted by Crippen LogP contribution is 2.23. The Labute approximate surface area is 117 Å². The van der Waals surface area contributed by atoms with E-state index in [1.165, 1.54) is 0 Å². The maximum atomic E-state index is 6.07. The molecule has 2 heterocycles. The van der Waals surface area contributed by atoms with Crippen molar-refractivity contribution >= 4 is 34.2 Å². The number of methoxy groups -OCH3 is 1. The molecule has 0 aliphatic heterocycles. The van der Waals surface area contributed by atoms with Crippen LogP contribution in [0.4, 0.5) is 0 Å². The fourth-order valence-corrected chi connectivity index (χ4v) is 1.96. The second-order valence-corrected chi connectivity index (χ2v) is 4.83. The third-order valence-corrected chi connectivity index (χ3v) is 3.91. The highest BCUT2D eigenvalue weighted by Gasteiger charge is 2.14. The van der Waals surface area contributed by atoms with Gasteiger partial charge >= 0.3 is 0 Å². The summed E-state index contributed by atoms with van der Waals surface area (Å²) in [5, 5.41) is 0.422. The van der Waals surface area contributed by atoms with Crippen LogP contribution in [0, 0.1) is 3.57 Å². The molecule has 0 aliphatic rings. The largest absolute Gasteiger partial charge is 0.378 e. The Hall–Kier alpha value is -0.730. The fourth-order valence-electron chi connectivity index (χ4n) is 1.38. The van der Waals surface area contributed by atoms with E-state index in [-0.39, 0.29) is 0 Å². The molecule has 0 bridgehead atoms. The van der Waals surface area contributed by atoms with Crippen LogP contribution < -0.4 is 0 Å². The van der Waals surface area contributed by atoms with Gasteiger partial charge < -0.3 is 9.30 Å². The second kappa shape index (κ2) is 5.28. The van der Waals surface area contributed by atoms with Gasteiger partial charge in [0, 0.05) is 26.6 Å². The zero-order valence-electron chi connectivity index (χ0n) is 9.31. The van der Waals surface area contributed by atoms with E-state index in [1.54, 1.807) is 13.3 Å². The zero-order chi connectivity index (χ0) is 12.4. The minimum atomic E-state index is 0.401. The van der Waals surface area contributed by atoms with Crippen molar-refractivity contribution in [2.45, 2.75) is 6.61 Å². The third-order valence-electron chi connectivity index (χ3n) is 2.18. The van der Waals surface area contributed by atoms with E-state index < -0.39 is 0 Å². The molecule has 0 atom stereocenters. The molecule has 0 radical (unpaired) electrons. The first-order valence-electron chi connectivity index (χ1n) is 4.82. The molecule has 5 nitrogen and oxygen atoms in total. The number of aromatic nitrogens is 4. The first kappa shape index (κ1) is 12.7. The summed E-state index contributed by atoms with van der Waals surface area (Å²) >= 11 is 8.18. The lowest BCUT2D eigenvalue weighted by Crippen LogP contribution is -2.04. The van der Waals surface area contributed by atoms with E-state index in [0.717, 1.165) is 9.26 Å². The molecular formula is C10H10ClIN4O. The van der Waals surface area contributed by atoms with Gasteiger partial charge in [0.05, 0.1) is 15.9 Å². The van der Waals surface area contributed by atoms with Crippen molar-refractivity contribution in [2.75, 3.05) is 7.11 Å².